The van der Waals surface area contributed by atoms with Gasteiger partial charge in [0.1, 0.15) is 0 Å². The standard InChI is InChI=1S/C10H20N4/c1-6-9(2)7-14(5)10(12-8-11)13(3)4/h9H,6-7H2,1-5H3. The Kier molecular flexibility index (Phi) is 5.70. The summed E-state index contributed by atoms with van der Waals surface area (Å²) in [7, 11) is 5.74. The lowest BCUT2D eigenvalue weighted by molar-refractivity contribution is 0.358. The average molecular weight is 196 g/mol. The van der Waals surface area contributed by atoms with Crippen molar-refractivity contribution in [2.75, 3.05) is 27.7 Å². The van der Waals surface area contributed by atoms with Crippen LogP contribution in [0, 0.1) is 17.4 Å². The van der Waals surface area contributed by atoms with Crippen LogP contribution in [0.15, 0.2) is 4.99 Å². The maximum absolute atomic E-state index is 8.53. The highest BCUT2D eigenvalue weighted by molar-refractivity contribution is 5.80. The van der Waals surface area contributed by atoms with Crippen molar-refractivity contribution in [3.05, 3.63) is 0 Å². The minimum absolute atomic E-state index is 0.615. The van der Waals surface area contributed by atoms with Gasteiger partial charge in [-0.3, -0.25) is 0 Å². The van der Waals surface area contributed by atoms with Crippen LogP contribution in [0.1, 0.15) is 20.3 Å². The van der Waals surface area contributed by atoms with Gasteiger partial charge in [-0.1, -0.05) is 20.3 Å². The van der Waals surface area contributed by atoms with E-state index in [0.717, 1.165) is 13.0 Å². The second-order valence-electron chi connectivity index (χ2n) is 3.80. The third-order valence-electron chi connectivity index (χ3n) is 2.17. The molecule has 0 aromatic heterocycles. The molecule has 0 aliphatic rings. The van der Waals surface area contributed by atoms with Crippen LogP contribution >= 0.6 is 0 Å². The number of nitrogens with zero attached hydrogens (tertiary/aromatic N) is 4. The van der Waals surface area contributed by atoms with Crippen molar-refractivity contribution in [3.8, 4) is 6.19 Å². The third-order valence-corrected chi connectivity index (χ3v) is 2.17. The molecule has 0 fully saturated rings. The van der Waals surface area contributed by atoms with E-state index in [4.69, 9.17) is 5.26 Å². The first-order chi connectivity index (χ1) is 6.52. The number of nitriles is 1. The van der Waals surface area contributed by atoms with Gasteiger partial charge in [0.15, 0.2) is 0 Å². The predicted octanol–water partition coefficient (Wildman–Crippen LogP) is 1.36. The molecule has 0 saturated carbocycles. The summed E-state index contributed by atoms with van der Waals surface area (Å²) >= 11 is 0. The summed E-state index contributed by atoms with van der Waals surface area (Å²) in [6.07, 6.45) is 2.96. The van der Waals surface area contributed by atoms with Crippen molar-refractivity contribution in [3.63, 3.8) is 0 Å². The summed E-state index contributed by atoms with van der Waals surface area (Å²) in [6.45, 7) is 5.28. The van der Waals surface area contributed by atoms with E-state index in [-0.39, 0.29) is 0 Å². The lowest BCUT2D eigenvalue weighted by Gasteiger charge is -2.27. The van der Waals surface area contributed by atoms with Crippen molar-refractivity contribution in [1.29, 1.82) is 5.26 Å². The Hall–Kier alpha value is -1.24. The summed E-state index contributed by atoms with van der Waals surface area (Å²) < 4.78 is 0. The van der Waals surface area contributed by atoms with Crippen molar-refractivity contribution in [2.45, 2.75) is 20.3 Å². The first kappa shape index (κ1) is 12.8. The van der Waals surface area contributed by atoms with Crippen LogP contribution in [0.5, 0.6) is 0 Å². The lowest BCUT2D eigenvalue weighted by atomic mass is 10.1. The molecule has 1 unspecified atom stereocenters. The van der Waals surface area contributed by atoms with Crippen LogP contribution < -0.4 is 0 Å². The van der Waals surface area contributed by atoms with Gasteiger partial charge < -0.3 is 9.80 Å². The van der Waals surface area contributed by atoms with Crippen molar-refractivity contribution >= 4 is 5.96 Å². The van der Waals surface area contributed by atoms with Crippen molar-refractivity contribution < 1.29 is 0 Å². The Morgan fingerprint density at radius 3 is 2.36 bits per heavy atom. The van der Waals surface area contributed by atoms with Gasteiger partial charge in [-0.15, -0.1) is 4.99 Å². The molecule has 0 saturated heterocycles. The Morgan fingerprint density at radius 1 is 1.43 bits per heavy atom. The number of hydrogen-bond acceptors (Lipinski definition) is 2. The smallest absolute Gasteiger partial charge is 0.211 e. The summed E-state index contributed by atoms with van der Waals surface area (Å²) in [6, 6.07) is 0. The molecule has 0 aromatic carbocycles. The molecule has 0 amide bonds. The minimum atomic E-state index is 0.615. The minimum Gasteiger partial charge on any atom is -0.348 e. The van der Waals surface area contributed by atoms with E-state index in [1.165, 1.54) is 0 Å². The van der Waals surface area contributed by atoms with E-state index in [2.05, 4.69) is 18.8 Å². The number of rotatable bonds is 3. The molecule has 0 radical (unpaired) electrons. The largest absolute Gasteiger partial charge is 0.348 e. The van der Waals surface area contributed by atoms with Crippen LogP contribution in [0.3, 0.4) is 0 Å². The van der Waals surface area contributed by atoms with Gasteiger partial charge in [0.2, 0.25) is 12.2 Å². The summed E-state index contributed by atoms with van der Waals surface area (Å²) in [4.78, 5) is 7.65. The molecule has 0 aliphatic carbocycles. The molecule has 14 heavy (non-hydrogen) atoms. The normalized spacial score (nSPS) is 13.3. The maximum atomic E-state index is 8.53. The van der Waals surface area contributed by atoms with Crippen LogP contribution in [0.2, 0.25) is 0 Å². The van der Waals surface area contributed by atoms with Gasteiger partial charge in [-0.25, -0.2) is 0 Å². The van der Waals surface area contributed by atoms with Crippen LogP contribution in [-0.2, 0) is 0 Å². The van der Waals surface area contributed by atoms with Crippen molar-refractivity contribution in [1.82, 2.24) is 9.80 Å². The fraction of sp³-hybridized carbons (Fsp3) is 0.800. The van der Waals surface area contributed by atoms with Gasteiger partial charge in [0.05, 0.1) is 0 Å². The molecule has 80 valence electrons. The Balaban J connectivity index is 4.40. The number of hydrogen-bond donors (Lipinski definition) is 0. The van der Waals surface area contributed by atoms with Gasteiger partial charge in [0, 0.05) is 27.7 Å². The Bertz CT molecular complexity index is 227. The Morgan fingerprint density at radius 2 is 2.00 bits per heavy atom. The fourth-order valence-electron chi connectivity index (χ4n) is 1.25. The van der Waals surface area contributed by atoms with Crippen molar-refractivity contribution in [2.24, 2.45) is 10.9 Å². The molecular weight excluding hydrogens is 176 g/mol. The zero-order valence-corrected chi connectivity index (χ0v) is 9.78. The third kappa shape index (κ3) is 4.13. The Labute approximate surface area is 86.8 Å². The van der Waals surface area contributed by atoms with E-state index in [0.29, 0.717) is 11.9 Å². The molecule has 0 aromatic rings. The highest BCUT2D eigenvalue weighted by Crippen LogP contribution is 2.04. The first-order valence-corrected chi connectivity index (χ1v) is 4.88. The monoisotopic (exact) mass is 196 g/mol. The summed E-state index contributed by atoms with van der Waals surface area (Å²) in [5, 5.41) is 8.53. The first-order valence-electron chi connectivity index (χ1n) is 4.88. The van der Waals surface area contributed by atoms with E-state index < -0.39 is 0 Å². The quantitative estimate of drug-likeness (QED) is 0.389. The molecule has 0 aliphatic heterocycles. The van der Waals surface area contributed by atoms with Crippen LogP contribution in [0.4, 0.5) is 0 Å². The zero-order chi connectivity index (χ0) is 11.1. The van der Waals surface area contributed by atoms with E-state index >= 15 is 0 Å². The molecule has 4 nitrogen and oxygen atoms in total. The van der Waals surface area contributed by atoms with Crippen LogP contribution in [-0.4, -0.2) is 43.4 Å². The fourth-order valence-corrected chi connectivity index (χ4v) is 1.25. The molecule has 1 atom stereocenters. The molecule has 0 spiro atoms. The number of aliphatic imine (C=N–C) groups is 1. The molecule has 0 bridgehead atoms. The second-order valence-corrected chi connectivity index (χ2v) is 3.80. The second kappa shape index (κ2) is 6.25. The summed E-state index contributed by atoms with van der Waals surface area (Å²) in [5.41, 5.74) is 0. The lowest BCUT2D eigenvalue weighted by Crippen LogP contribution is -2.40. The van der Waals surface area contributed by atoms with E-state index in [1.807, 2.05) is 37.1 Å². The molecule has 0 N–H and O–H groups in total. The topological polar surface area (TPSA) is 42.6 Å². The van der Waals surface area contributed by atoms with Gasteiger partial charge >= 0.3 is 0 Å². The molecule has 0 heterocycles. The predicted molar refractivity (Wildman–Crippen MR) is 58.8 cm³/mol. The van der Waals surface area contributed by atoms with Crippen LogP contribution in [0.25, 0.3) is 0 Å². The zero-order valence-electron chi connectivity index (χ0n) is 9.78. The molecule has 4 heteroatoms. The molecule has 0 rings (SSSR count). The summed E-state index contributed by atoms with van der Waals surface area (Å²) in [5.74, 6) is 1.33. The maximum Gasteiger partial charge on any atom is 0.211 e. The SMILES string of the molecule is CCC(C)CN(C)C(=NC#N)N(C)C. The van der Waals surface area contributed by atoms with Gasteiger partial charge in [-0.05, 0) is 5.92 Å². The molecular formula is C10H20N4. The average Bonchev–Trinajstić information content (AvgIpc) is 2.13. The van der Waals surface area contributed by atoms with Gasteiger partial charge in [0.25, 0.3) is 0 Å². The van der Waals surface area contributed by atoms with E-state index in [9.17, 15) is 0 Å². The number of guanidine groups is 1. The highest BCUT2D eigenvalue weighted by atomic mass is 15.3. The van der Waals surface area contributed by atoms with Gasteiger partial charge in [-0.2, -0.15) is 5.26 Å². The van der Waals surface area contributed by atoms with E-state index in [1.54, 1.807) is 0 Å². The highest BCUT2D eigenvalue weighted by Gasteiger charge is 2.11.